The molecule has 0 spiro atoms. The maximum Gasteiger partial charge on any atom is 0.222 e. The fraction of sp³-hybridized carbons (Fsp3) is 0.900. The lowest BCUT2D eigenvalue weighted by Crippen LogP contribution is -2.27. The Bertz CT molecular complexity index is 178. The minimum atomic E-state index is 0.305. The van der Waals surface area contributed by atoms with E-state index in [1.165, 1.54) is 0 Å². The van der Waals surface area contributed by atoms with E-state index in [2.05, 4.69) is 6.92 Å². The molecule has 1 heterocycles. The molecule has 1 fully saturated rings. The molecule has 0 bridgehead atoms. The third-order valence-corrected chi connectivity index (χ3v) is 3.12. The Balaban J connectivity index is 2.51. The molecule has 0 aromatic rings. The summed E-state index contributed by atoms with van der Waals surface area (Å²) in [6, 6.07) is 0. The summed E-state index contributed by atoms with van der Waals surface area (Å²) in [4.78, 5) is 13.4. The molecular weight excluding hydrogens is 164 g/mol. The van der Waals surface area contributed by atoms with Gasteiger partial charge >= 0.3 is 0 Å². The highest BCUT2D eigenvalue weighted by atomic mass is 16.2. The molecule has 2 N–H and O–H groups in total. The van der Waals surface area contributed by atoms with Crippen molar-refractivity contribution in [1.82, 2.24) is 4.90 Å². The minimum Gasteiger partial charge on any atom is -0.343 e. The van der Waals surface area contributed by atoms with Crippen LogP contribution in [0.4, 0.5) is 0 Å². The lowest BCUT2D eigenvalue weighted by molar-refractivity contribution is -0.127. The molecule has 1 saturated heterocycles. The van der Waals surface area contributed by atoms with E-state index in [1.54, 1.807) is 0 Å². The summed E-state index contributed by atoms with van der Waals surface area (Å²) < 4.78 is 0. The first-order valence-electron chi connectivity index (χ1n) is 5.20. The molecule has 1 rings (SSSR count). The van der Waals surface area contributed by atoms with E-state index < -0.39 is 0 Å². The van der Waals surface area contributed by atoms with Crippen LogP contribution in [0, 0.1) is 11.8 Å². The SMILES string of the molecule is CCC(CN)C1CC(=O)N(CC)C1. The van der Waals surface area contributed by atoms with Crippen LogP contribution in [0.5, 0.6) is 0 Å². The van der Waals surface area contributed by atoms with Gasteiger partial charge in [-0.3, -0.25) is 4.79 Å². The molecule has 0 saturated carbocycles. The van der Waals surface area contributed by atoms with Crippen LogP contribution < -0.4 is 5.73 Å². The van der Waals surface area contributed by atoms with E-state index in [1.807, 2.05) is 11.8 Å². The summed E-state index contributed by atoms with van der Waals surface area (Å²) in [6.07, 6.45) is 1.80. The van der Waals surface area contributed by atoms with Crippen LogP contribution in [0.3, 0.4) is 0 Å². The maximum absolute atomic E-state index is 11.4. The predicted octanol–water partition coefficient (Wildman–Crippen LogP) is 0.840. The molecule has 0 aromatic heterocycles. The van der Waals surface area contributed by atoms with Gasteiger partial charge in [0.15, 0.2) is 0 Å². The smallest absolute Gasteiger partial charge is 0.222 e. The van der Waals surface area contributed by atoms with Gasteiger partial charge < -0.3 is 10.6 Å². The zero-order chi connectivity index (χ0) is 9.84. The summed E-state index contributed by atoms with van der Waals surface area (Å²) in [5.41, 5.74) is 5.67. The van der Waals surface area contributed by atoms with Gasteiger partial charge in [0.05, 0.1) is 0 Å². The Morgan fingerprint density at radius 2 is 2.31 bits per heavy atom. The number of rotatable bonds is 4. The molecule has 2 atom stereocenters. The van der Waals surface area contributed by atoms with Crippen LogP contribution in [0.15, 0.2) is 0 Å². The van der Waals surface area contributed by atoms with Gasteiger partial charge in [0.1, 0.15) is 0 Å². The standard InChI is InChI=1S/C10H20N2O/c1-3-8(6-11)9-5-10(13)12(4-2)7-9/h8-9H,3-7,11H2,1-2H3. The van der Waals surface area contributed by atoms with E-state index in [0.717, 1.165) is 19.5 Å². The quantitative estimate of drug-likeness (QED) is 0.703. The Labute approximate surface area is 80.3 Å². The van der Waals surface area contributed by atoms with Gasteiger partial charge in [-0.1, -0.05) is 13.3 Å². The van der Waals surface area contributed by atoms with Gasteiger partial charge in [0.2, 0.25) is 5.91 Å². The van der Waals surface area contributed by atoms with Crippen molar-refractivity contribution in [3.63, 3.8) is 0 Å². The normalized spacial score (nSPS) is 25.3. The van der Waals surface area contributed by atoms with E-state index in [-0.39, 0.29) is 0 Å². The molecule has 2 unspecified atom stereocenters. The summed E-state index contributed by atoms with van der Waals surface area (Å²) >= 11 is 0. The Morgan fingerprint density at radius 3 is 2.69 bits per heavy atom. The van der Waals surface area contributed by atoms with Gasteiger partial charge in [0, 0.05) is 19.5 Å². The van der Waals surface area contributed by atoms with E-state index >= 15 is 0 Å². The first kappa shape index (κ1) is 10.5. The van der Waals surface area contributed by atoms with E-state index in [9.17, 15) is 4.79 Å². The number of carbonyl (C=O) groups excluding carboxylic acids is 1. The van der Waals surface area contributed by atoms with Crippen molar-refractivity contribution in [2.24, 2.45) is 17.6 Å². The highest BCUT2D eigenvalue weighted by Gasteiger charge is 2.32. The molecule has 1 aliphatic heterocycles. The molecule has 0 aromatic carbocycles. The van der Waals surface area contributed by atoms with Crippen LogP contribution in [-0.4, -0.2) is 30.4 Å². The molecule has 13 heavy (non-hydrogen) atoms. The van der Waals surface area contributed by atoms with Crippen molar-refractivity contribution >= 4 is 5.91 Å². The lowest BCUT2D eigenvalue weighted by Gasteiger charge is -2.20. The number of amides is 1. The van der Waals surface area contributed by atoms with E-state index in [0.29, 0.717) is 30.7 Å². The molecule has 76 valence electrons. The van der Waals surface area contributed by atoms with Gasteiger partial charge in [-0.2, -0.15) is 0 Å². The van der Waals surface area contributed by atoms with Crippen molar-refractivity contribution in [2.45, 2.75) is 26.7 Å². The molecule has 3 heteroatoms. The van der Waals surface area contributed by atoms with Gasteiger partial charge in [-0.25, -0.2) is 0 Å². The first-order valence-corrected chi connectivity index (χ1v) is 5.20. The number of carbonyl (C=O) groups is 1. The van der Waals surface area contributed by atoms with Crippen molar-refractivity contribution in [1.29, 1.82) is 0 Å². The zero-order valence-electron chi connectivity index (χ0n) is 8.62. The largest absolute Gasteiger partial charge is 0.343 e. The van der Waals surface area contributed by atoms with Gasteiger partial charge in [-0.15, -0.1) is 0 Å². The fourth-order valence-electron chi connectivity index (χ4n) is 2.12. The number of hydrogen-bond donors (Lipinski definition) is 1. The van der Waals surface area contributed by atoms with Crippen molar-refractivity contribution in [3.05, 3.63) is 0 Å². The van der Waals surface area contributed by atoms with Crippen molar-refractivity contribution in [3.8, 4) is 0 Å². The molecule has 3 nitrogen and oxygen atoms in total. The summed E-state index contributed by atoms with van der Waals surface area (Å²) in [5, 5.41) is 0. The average Bonchev–Trinajstić information content (AvgIpc) is 2.49. The van der Waals surface area contributed by atoms with Crippen LogP contribution >= 0.6 is 0 Å². The summed E-state index contributed by atoms with van der Waals surface area (Å²) in [5.74, 6) is 1.34. The van der Waals surface area contributed by atoms with Crippen LogP contribution in [0.1, 0.15) is 26.7 Å². The lowest BCUT2D eigenvalue weighted by atomic mass is 9.89. The third kappa shape index (κ3) is 2.21. The zero-order valence-corrected chi connectivity index (χ0v) is 8.62. The second kappa shape index (κ2) is 4.61. The Hall–Kier alpha value is -0.570. The highest BCUT2D eigenvalue weighted by molar-refractivity contribution is 5.78. The average molecular weight is 184 g/mol. The molecule has 0 radical (unpaired) electrons. The van der Waals surface area contributed by atoms with Gasteiger partial charge in [0.25, 0.3) is 0 Å². The molecule has 1 amide bonds. The second-order valence-electron chi connectivity index (χ2n) is 3.80. The number of nitrogens with two attached hydrogens (primary N) is 1. The first-order chi connectivity index (χ1) is 6.22. The van der Waals surface area contributed by atoms with Gasteiger partial charge in [-0.05, 0) is 25.3 Å². The molecular formula is C10H20N2O. The van der Waals surface area contributed by atoms with E-state index in [4.69, 9.17) is 5.73 Å². The van der Waals surface area contributed by atoms with Crippen molar-refractivity contribution < 1.29 is 4.79 Å². The number of hydrogen-bond acceptors (Lipinski definition) is 2. The minimum absolute atomic E-state index is 0.305. The summed E-state index contributed by atoms with van der Waals surface area (Å²) in [6.45, 7) is 6.66. The fourth-order valence-corrected chi connectivity index (χ4v) is 2.12. The molecule has 0 aliphatic carbocycles. The monoisotopic (exact) mass is 184 g/mol. The number of nitrogens with zero attached hydrogens (tertiary/aromatic N) is 1. The molecule has 1 aliphatic rings. The maximum atomic E-state index is 11.4. The van der Waals surface area contributed by atoms with Crippen LogP contribution in [0.2, 0.25) is 0 Å². The van der Waals surface area contributed by atoms with Crippen LogP contribution in [-0.2, 0) is 4.79 Å². The highest BCUT2D eigenvalue weighted by Crippen LogP contribution is 2.26. The number of likely N-dealkylation sites (tertiary alicyclic amines) is 1. The topological polar surface area (TPSA) is 46.3 Å². The van der Waals surface area contributed by atoms with Crippen LogP contribution in [0.25, 0.3) is 0 Å². The third-order valence-electron chi connectivity index (χ3n) is 3.12. The second-order valence-corrected chi connectivity index (χ2v) is 3.80. The van der Waals surface area contributed by atoms with Crippen molar-refractivity contribution in [2.75, 3.05) is 19.6 Å². The predicted molar refractivity (Wildman–Crippen MR) is 53.2 cm³/mol. The summed E-state index contributed by atoms with van der Waals surface area (Å²) in [7, 11) is 0. The Morgan fingerprint density at radius 1 is 1.62 bits per heavy atom. The Kier molecular flexibility index (Phi) is 3.72.